The van der Waals surface area contributed by atoms with Crippen molar-refractivity contribution in [3.63, 3.8) is 0 Å². The molecule has 126 valence electrons. The zero-order valence-corrected chi connectivity index (χ0v) is 13.4. The Labute approximate surface area is 135 Å². The highest BCUT2D eigenvalue weighted by atomic mass is 19.1. The van der Waals surface area contributed by atoms with Crippen LogP contribution in [0.5, 0.6) is 0 Å². The number of hydrogen-bond donors (Lipinski definition) is 2. The van der Waals surface area contributed by atoms with Crippen LogP contribution >= 0.6 is 0 Å². The molecule has 2 rings (SSSR count). The molecule has 1 aromatic carbocycles. The molecule has 0 aliphatic carbocycles. The predicted octanol–water partition coefficient (Wildman–Crippen LogP) is 3.11. The molecule has 1 heterocycles. The minimum atomic E-state index is -0.436. The van der Waals surface area contributed by atoms with Gasteiger partial charge in [-0.15, -0.1) is 0 Å². The van der Waals surface area contributed by atoms with Crippen molar-refractivity contribution >= 4 is 23.1 Å². The first-order chi connectivity index (χ1) is 11.0. The standard InChI is InChI=1S/C17H23FN2O3/c1-12(21)10-17(22)20-13-6-7-16(15(18)11-13)19-8-2-4-14-5-3-9-23-14/h6-7,11,14,19H,2-5,8-10H2,1H3,(H,20,22). The van der Waals surface area contributed by atoms with Crippen LogP contribution in [0, 0.1) is 5.82 Å². The number of carbonyl (C=O) groups excluding carboxylic acids is 2. The van der Waals surface area contributed by atoms with Gasteiger partial charge >= 0.3 is 0 Å². The van der Waals surface area contributed by atoms with Gasteiger partial charge < -0.3 is 15.4 Å². The molecule has 6 heteroatoms. The quantitative estimate of drug-likeness (QED) is 0.570. The van der Waals surface area contributed by atoms with E-state index >= 15 is 0 Å². The van der Waals surface area contributed by atoms with E-state index in [1.54, 1.807) is 12.1 Å². The van der Waals surface area contributed by atoms with Gasteiger partial charge in [0.1, 0.15) is 11.6 Å². The van der Waals surface area contributed by atoms with Crippen molar-refractivity contribution < 1.29 is 18.7 Å². The van der Waals surface area contributed by atoms with Crippen LogP contribution in [0.3, 0.4) is 0 Å². The zero-order chi connectivity index (χ0) is 16.7. The lowest BCUT2D eigenvalue weighted by atomic mass is 10.1. The Balaban J connectivity index is 1.76. The number of hydrogen-bond acceptors (Lipinski definition) is 4. The smallest absolute Gasteiger partial charge is 0.231 e. The fraction of sp³-hybridized carbons (Fsp3) is 0.529. The number of benzene rings is 1. The highest BCUT2D eigenvalue weighted by Crippen LogP contribution is 2.20. The van der Waals surface area contributed by atoms with Crippen molar-refractivity contribution in [2.75, 3.05) is 23.8 Å². The fourth-order valence-electron chi connectivity index (χ4n) is 2.59. The average Bonchev–Trinajstić information content (AvgIpc) is 2.97. The van der Waals surface area contributed by atoms with Gasteiger partial charge in [-0.2, -0.15) is 0 Å². The highest BCUT2D eigenvalue weighted by molar-refractivity contribution is 6.03. The molecule has 1 fully saturated rings. The summed E-state index contributed by atoms with van der Waals surface area (Å²) in [7, 11) is 0. The number of Topliss-reactive ketones (excluding diaryl/α,β-unsaturated/α-hetero) is 1. The van der Waals surface area contributed by atoms with Crippen molar-refractivity contribution in [1.29, 1.82) is 0 Å². The van der Waals surface area contributed by atoms with E-state index in [0.29, 0.717) is 24.0 Å². The maximum absolute atomic E-state index is 14.0. The van der Waals surface area contributed by atoms with E-state index in [2.05, 4.69) is 10.6 Å². The van der Waals surface area contributed by atoms with E-state index < -0.39 is 11.7 Å². The number of ketones is 1. The van der Waals surface area contributed by atoms with Gasteiger partial charge in [-0.3, -0.25) is 9.59 Å². The lowest BCUT2D eigenvalue weighted by molar-refractivity contribution is -0.124. The second kappa shape index (κ2) is 8.62. The number of nitrogens with one attached hydrogen (secondary N) is 2. The molecule has 1 atom stereocenters. The summed E-state index contributed by atoms with van der Waals surface area (Å²) in [6.07, 6.45) is 4.28. The maximum atomic E-state index is 14.0. The number of carbonyl (C=O) groups is 2. The van der Waals surface area contributed by atoms with Crippen molar-refractivity contribution in [3.05, 3.63) is 24.0 Å². The monoisotopic (exact) mass is 322 g/mol. The Morgan fingerprint density at radius 1 is 1.39 bits per heavy atom. The molecule has 1 aliphatic heterocycles. The second-order valence-electron chi connectivity index (χ2n) is 5.83. The summed E-state index contributed by atoms with van der Waals surface area (Å²) in [5.41, 5.74) is 0.751. The topological polar surface area (TPSA) is 67.4 Å². The van der Waals surface area contributed by atoms with E-state index in [1.807, 2.05) is 0 Å². The van der Waals surface area contributed by atoms with E-state index in [0.717, 1.165) is 32.3 Å². The first-order valence-electron chi connectivity index (χ1n) is 7.99. The van der Waals surface area contributed by atoms with Gasteiger partial charge in [0, 0.05) is 18.8 Å². The molecule has 1 amide bonds. The molecule has 0 radical (unpaired) electrons. The van der Waals surface area contributed by atoms with E-state index in [-0.39, 0.29) is 12.2 Å². The van der Waals surface area contributed by atoms with Crippen LogP contribution < -0.4 is 10.6 Å². The number of amides is 1. The minimum absolute atomic E-state index is 0.204. The molecular weight excluding hydrogens is 299 g/mol. The SMILES string of the molecule is CC(=O)CC(=O)Nc1ccc(NCCCC2CCCO2)c(F)c1. The zero-order valence-electron chi connectivity index (χ0n) is 13.4. The average molecular weight is 322 g/mol. The van der Waals surface area contributed by atoms with Crippen molar-refractivity contribution in [3.8, 4) is 0 Å². The van der Waals surface area contributed by atoms with Gasteiger partial charge in [0.05, 0.1) is 18.2 Å². The second-order valence-corrected chi connectivity index (χ2v) is 5.83. The molecule has 23 heavy (non-hydrogen) atoms. The van der Waals surface area contributed by atoms with Gasteiger partial charge in [-0.25, -0.2) is 4.39 Å². The number of rotatable bonds is 8. The molecule has 1 aromatic rings. The van der Waals surface area contributed by atoms with Crippen molar-refractivity contribution in [1.82, 2.24) is 0 Å². The fourth-order valence-corrected chi connectivity index (χ4v) is 2.59. The summed E-state index contributed by atoms with van der Waals surface area (Å²) in [5.74, 6) is -1.09. The molecular formula is C17H23FN2O3. The molecule has 2 N–H and O–H groups in total. The lowest BCUT2D eigenvalue weighted by Crippen LogP contribution is -2.15. The predicted molar refractivity (Wildman–Crippen MR) is 87.0 cm³/mol. The third-order valence-electron chi connectivity index (χ3n) is 3.70. The van der Waals surface area contributed by atoms with Gasteiger partial charge in [0.25, 0.3) is 0 Å². The van der Waals surface area contributed by atoms with Gasteiger partial charge in [-0.05, 0) is 50.8 Å². The minimum Gasteiger partial charge on any atom is -0.383 e. The van der Waals surface area contributed by atoms with Crippen molar-refractivity contribution in [2.45, 2.75) is 45.1 Å². The maximum Gasteiger partial charge on any atom is 0.231 e. The molecule has 0 saturated carbocycles. The summed E-state index contributed by atoms with van der Waals surface area (Å²) >= 11 is 0. The third kappa shape index (κ3) is 5.98. The molecule has 1 unspecified atom stereocenters. The van der Waals surface area contributed by atoms with Gasteiger partial charge in [0.2, 0.25) is 5.91 Å². The van der Waals surface area contributed by atoms with E-state index in [1.165, 1.54) is 13.0 Å². The van der Waals surface area contributed by atoms with Crippen LogP contribution in [0.1, 0.15) is 39.0 Å². The van der Waals surface area contributed by atoms with Gasteiger partial charge in [0.15, 0.2) is 0 Å². The van der Waals surface area contributed by atoms with Crippen molar-refractivity contribution in [2.24, 2.45) is 0 Å². The van der Waals surface area contributed by atoms with Crippen LogP contribution in [0.2, 0.25) is 0 Å². The third-order valence-corrected chi connectivity index (χ3v) is 3.70. The summed E-state index contributed by atoms with van der Waals surface area (Å²) in [6, 6.07) is 4.45. The Hall–Kier alpha value is -1.95. The molecule has 1 aliphatic rings. The molecule has 0 spiro atoms. The summed E-state index contributed by atoms with van der Waals surface area (Å²) in [6.45, 7) is 2.86. The lowest BCUT2D eigenvalue weighted by Gasteiger charge is -2.12. The van der Waals surface area contributed by atoms with Crippen LogP contribution in [-0.4, -0.2) is 30.9 Å². The largest absolute Gasteiger partial charge is 0.383 e. The Morgan fingerprint density at radius 3 is 2.87 bits per heavy atom. The first kappa shape index (κ1) is 17.4. The number of anilines is 2. The summed E-state index contributed by atoms with van der Waals surface area (Å²) < 4.78 is 19.5. The Morgan fingerprint density at radius 2 is 2.22 bits per heavy atom. The highest BCUT2D eigenvalue weighted by Gasteiger charge is 2.14. The summed E-state index contributed by atoms with van der Waals surface area (Å²) in [5, 5.41) is 5.55. The normalized spacial score (nSPS) is 17.0. The number of halogens is 1. The van der Waals surface area contributed by atoms with Crippen LogP contribution in [0.25, 0.3) is 0 Å². The Bertz CT molecular complexity index is 557. The van der Waals surface area contributed by atoms with Gasteiger partial charge in [-0.1, -0.05) is 0 Å². The van der Waals surface area contributed by atoms with E-state index in [9.17, 15) is 14.0 Å². The molecule has 1 saturated heterocycles. The molecule has 5 nitrogen and oxygen atoms in total. The summed E-state index contributed by atoms with van der Waals surface area (Å²) in [4.78, 5) is 22.3. The van der Waals surface area contributed by atoms with Crippen LogP contribution in [0.15, 0.2) is 18.2 Å². The van der Waals surface area contributed by atoms with E-state index in [4.69, 9.17) is 4.74 Å². The molecule has 0 aromatic heterocycles. The van der Waals surface area contributed by atoms with Crippen LogP contribution in [0.4, 0.5) is 15.8 Å². The first-order valence-corrected chi connectivity index (χ1v) is 7.99. The van der Waals surface area contributed by atoms with Crippen LogP contribution in [-0.2, 0) is 14.3 Å². The molecule has 0 bridgehead atoms. The Kier molecular flexibility index (Phi) is 6.52. The number of ether oxygens (including phenoxy) is 1.